The van der Waals surface area contributed by atoms with Crippen LogP contribution in [0.4, 0.5) is 0 Å². The lowest BCUT2D eigenvalue weighted by atomic mass is 9.40. The van der Waals surface area contributed by atoms with Crippen molar-refractivity contribution >= 4 is 0 Å². The maximum Gasteiger partial charge on any atom is 0.0910 e. The highest BCUT2D eigenvalue weighted by Crippen LogP contribution is 2.70. The Kier molecular flexibility index (Phi) is 3.98. The molecule has 4 fully saturated rings. The van der Waals surface area contributed by atoms with Crippen LogP contribution in [0.15, 0.2) is 0 Å². The van der Waals surface area contributed by atoms with Crippen LogP contribution in [0.5, 0.6) is 0 Å². The van der Waals surface area contributed by atoms with Gasteiger partial charge in [0, 0.05) is 0 Å². The highest BCUT2D eigenvalue weighted by molar-refractivity contribution is 5.14. The van der Waals surface area contributed by atoms with Crippen molar-refractivity contribution in [3.8, 4) is 0 Å². The zero-order chi connectivity index (χ0) is 18.3. The molecule has 3 heteroatoms. The van der Waals surface area contributed by atoms with Crippen LogP contribution in [0, 0.1) is 34.0 Å². The lowest BCUT2D eigenvalue weighted by Gasteiger charge is -2.64. The molecule has 0 amide bonds. The van der Waals surface area contributed by atoms with E-state index in [1.54, 1.807) is 6.92 Å². The summed E-state index contributed by atoms with van der Waals surface area (Å²) < 4.78 is 0. The molecule has 0 saturated heterocycles. The molecule has 144 valence electrons. The Bertz CT molecular complexity index is 547. The van der Waals surface area contributed by atoms with E-state index in [1.807, 2.05) is 0 Å². The molecule has 9 atom stereocenters. The van der Waals surface area contributed by atoms with E-state index < -0.39 is 11.7 Å². The van der Waals surface area contributed by atoms with Crippen molar-refractivity contribution in [1.29, 1.82) is 0 Å². The molecule has 4 aliphatic rings. The third-order valence-corrected chi connectivity index (χ3v) is 9.93. The maximum absolute atomic E-state index is 11.1. The normalized spacial score (nSPS) is 59.6. The standard InChI is InChI=1S/C22H38O3/c1-14(23)22(25)12-18-16-6-9-20(3)11-15(24)5-10-21(20,4)17(16)7-8-19(18,2)13-22/h14-18,23-25H,5-13H2,1-4H3/t14-,15+,16+,17+,18+,19-,20+,21+,22+/m0/s1. The van der Waals surface area contributed by atoms with Crippen LogP contribution < -0.4 is 0 Å². The molecular weight excluding hydrogens is 312 g/mol. The second-order valence-electron chi connectivity index (χ2n) is 11.1. The number of aliphatic hydroxyl groups is 3. The Morgan fingerprint density at radius 1 is 0.920 bits per heavy atom. The van der Waals surface area contributed by atoms with Gasteiger partial charge in [0.2, 0.25) is 0 Å². The van der Waals surface area contributed by atoms with E-state index in [-0.39, 0.29) is 16.9 Å². The van der Waals surface area contributed by atoms with E-state index in [2.05, 4.69) is 20.8 Å². The minimum absolute atomic E-state index is 0.115. The molecule has 3 nitrogen and oxygen atoms in total. The molecule has 0 aliphatic heterocycles. The van der Waals surface area contributed by atoms with Crippen molar-refractivity contribution in [2.24, 2.45) is 34.0 Å². The molecule has 0 aromatic heterocycles. The van der Waals surface area contributed by atoms with E-state index in [9.17, 15) is 15.3 Å². The molecule has 4 aliphatic carbocycles. The molecule has 25 heavy (non-hydrogen) atoms. The van der Waals surface area contributed by atoms with Gasteiger partial charge in [-0.3, -0.25) is 0 Å². The van der Waals surface area contributed by atoms with Gasteiger partial charge >= 0.3 is 0 Å². The summed E-state index contributed by atoms with van der Waals surface area (Å²) in [6.45, 7) is 9.07. The summed E-state index contributed by atoms with van der Waals surface area (Å²) in [6.07, 6.45) is 8.74. The van der Waals surface area contributed by atoms with Crippen LogP contribution in [0.25, 0.3) is 0 Å². The van der Waals surface area contributed by atoms with Crippen LogP contribution in [-0.4, -0.2) is 33.1 Å². The fourth-order valence-corrected chi connectivity index (χ4v) is 8.09. The van der Waals surface area contributed by atoms with Gasteiger partial charge in [0.1, 0.15) is 0 Å². The SMILES string of the molecule is C[C@H](O)[C@@]1(O)C[C@@H]2[C@@H]3CC[C@]4(C)C[C@H](O)CC[C@]4(C)[C@@H]3CC[C@@]2(C)C1. The molecule has 4 rings (SSSR count). The Hall–Kier alpha value is -0.120. The van der Waals surface area contributed by atoms with Crippen LogP contribution in [0.1, 0.15) is 85.5 Å². The monoisotopic (exact) mass is 350 g/mol. The molecule has 0 spiro atoms. The van der Waals surface area contributed by atoms with E-state index in [1.165, 1.54) is 25.7 Å². The minimum Gasteiger partial charge on any atom is -0.393 e. The first-order valence-electron chi connectivity index (χ1n) is 10.6. The second kappa shape index (κ2) is 5.45. The van der Waals surface area contributed by atoms with Crippen molar-refractivity contribution in [3.63, 3.8) is 0 Å². The van der Waals surface area contributed by atoms with Gasteiger partial charge in [0.15, 0.2) is 0 Å². The summed E-state index contributed by atoms with van der Waals surface area (Å²) >= 11 is 0. The summed E-state index contributed by atoms with van der Waals surface area (Å²) in [5, 5.41) is 31.5. The van der Waals surface area contributed by atoms with Crippen molar-refractivity contribution in [2.75, 3.05) is 0 Å². The highest BCUT2D eigenvalue weighted by Gasteiger charge is 2.64. The number of fused-ring (bicyclic) bond motifs is 5. The number of hydrogen-bond donors (Lipinski definition) is 3. The quantitative estimate of drug-likeness (QED) is 0.672. The van der Waals surface area contributed by atoms with Gasteiger partial charge in [-0.05, 0) is 98.7 Å². The van der Waals surface area contributed by atoms with Gasteiger partial charge in [-0.2, -0.15) is 0 Å². The minimum atomic E-state index is -0.890. The zero-order valence-electron chi connectivity index (χ0n) is 16.6. The van der Waals surface area contributed by atoms with Crippen molar-refractivity contribution in [1.82, 2.24) is 0 Å². The first-order valence-corrected chi connectivity index (χ1v) is 10.6. The first-order chi connectivity index (χ1) is 11.5. The third-order valence-electron chi connectivity index (χ3n) is 9.93. The Morgan fingerprint density at radius 3 is 2.32 bits per heavy atom. The Labute approximate surface area is 153 Å². The van der Waals surface area contributed by atoms with Crippen molar-refractivity contribution in [3.05, 3.63) is 0 Å². The lowest BCUT2D eigenvalue weighted by Crippen LogP contribution is -2.57. The fraction of sp³-hybridized carbons (Fsp3) is 1.00. The Morgan fingerprint density at radius 2 is 1.64 bits per heavy atom. The van der Waals surface area contributed by atoms with Gasteiger partial charge < -0.3 is 15.3 Å². The number of rotatable bonds is 1. The number of hydrogen-bond acceptors (Lipinski definition) is 3. The average molecular weight is 351 g/mol. The number of aliphatic hydroxyl groups excluding tert-OH is 2. The summed E-state index contributed by atoms with van der Waals surface area (Å²) in [5.41, 5.74) is -0.120. The van der Waals surface area contributed by atoms with Crippen LogP contribution >= 0.6 is 0 Å². The van der Waals surface area contributed by atoms with Crippen LogP contribution in [0.3, 0.4) is 0 Å². The highest BCUT2D eigenvalue weighted by atomic mass is 16.3. The summed E-state index contributed by atoms with van der Waals surface area (Å²) in [7, 11) is 0. The van der Waals surface area contributed by atoms with Gasteiger partial charge in [-0.25, -0.2) is 0 Å². The Balaban J connectivity index is 1.65. The van der Waals surface area contributed by atoms with Gasteiger partial charge in [-0.15, -0.1) is 0 Å². The van der Waals surface area contributed by atoms with Crippen LogP contribution in [-0.2, 0) is 0 Å². The van der Waals surface area contributed by atoms with E-state index >= 15 is 0 Å². The zero-order valence-corrected chi connectivity index (χ0v) is 16.6. The largest absolute Gasteiger partial charge is 0.393 e. The molecule has 0 aromatic carbocycles. The average Bonchev–Trinajstić information content (AvgIpc) is 2.81. The topological polar surface area (TPSA) is 60.7 Å². The van der Waals surface area contributed by atoms with E-state index in [4.69, 9.17) is 0 Å². The predicted octanol–water partition coefficient (Wildman–Crippen LogP) is 3.89. The summed E-state index contributed by atoms with van der Waals surface area (Å²) in [6, 6.07) is 0. The van der Waals surface area contributed by atoms with Crippen molar-refractivity contribution < 1.29 is 15.3 Å². The van der Waals surface area contributed by atoms with Gasteiger partial charge in [-0.1, -0.05) is 20.8 Å². The van der Waals surface area contributed by atoms with Crippen molar-refractivity contribution in [2.45, 2.75) is 103 Å². The molecule has 0 aromatic rings. The molecule has 0 unspecified atom stereocenters. The molecule has 0 radical (unpaired) electrons. The maximum atomic E-state index is 11.1. The lowest BCUT2D eigenvalue weighted by molar-refractivity contribution is -0.166. The molecule has 0 heterocycles. The van der Waals surface area contributed by atoms with E-state index in [0.29, 0.717) is 23.2 Å². The molecule has 0 bridgehead atoms. The first kappa shape index (κ1) is 18.3. The summed E-state index contributed by atoms with van der Waals surface area (Å²) in [5.74, 6) is 1.94. The third kappa shape index (κ3) is 2.41. The smallest absolute Gasteiger partial charge is 0.0910 e. The fourth-order valence-electron chi connectivity index (χ4n) is 8.09. The predicted molar refractivity (Wildman–Crippen MR) is 99.0 cm³/mol. The van der Waals surface area contributed by atoms with Crippen LogP contribution in [0.2, 0.25) is 0 Å². The second-order valence-corrected chi connectivity index (χ2v) is 11.1. The molecular formula is C22H38O3. The summed E-state index contributed by atoms with van der Waals surface area (Å²) in [4.78, 5) is 0. The van der Waals surface area contributed by atoms with Gasteiger partial charge in [0.05, 0.1) is 17.8 Å². The molecule has 3 N–H and O–H groups in total. The molecule has 4 saturated carbocycles. The van der Waals surface area contributed by atoms with Gasteiger partial charge in [0.25, 0.3) is 0 Å². The van der Waals surface area contributed by atoms with E-state index in [0.717, 1.165) is 32.1 Å².